The maximum atomic E-state index is 12.4. The molecule has 3 aromatic rings. The van der Waals surface area contributed by atoms with Crippen molar-refractivity contribution >= 4 is 11.6 Å². The van der Waals surface area contributed by atoms with E-state index in [9.17, 15) is 4.79 Å². The van der Waals surface area contributed by atoms with Crippen LogP contribution < -0.4 is 10.1 Å². The number of hydrogen-bond acceptors (Lipinski definition) is 6. The second kappa shape index (κ2) is 6.30. The van der Waals surface area contributed by atoms with Gasteiger partial charge in [-0.05, 0) is 12.1 Å². The molecule has 0 aliphatic heterocycles. The first-order valence-corrected chi connectivity index (χ1v) is 6.93. The number of nitrogens with zero attached hydrogens (tertiary/aromatic N) is 4. The van der Waals surface area contributed by atoms with Gasteiger partial charge in [0.1, 0.15) is 5.75 Å². The Hall–Kier alpha value is -3.16. The lowest BCUT2D eigenvalue weighted by Gasteiger charge is -2.09. The van der Waals surface area contributed by atoms with Crippen molar-refractivity contribution in [1.29, 1.82) is 0 Å². The summed E-state index contributed by atoms with van der Waals surface area (Å²) in [5.41, 5.74) is 1.03. The van der Waals surface area contributed by atoms with Crippen molar-refractivity contribution in [2.24, 2.45) is 7.05 Å². The molecule has 0 saturated heterocycles. The van der Waals surface area contributed by atoms with Gasteiger partial charge in [0, 0.05) is 20.2 Å². The summed E-state index contributed by atoms with van der Waals surface area (Å²) in [7, 11) is 1.78. The Morgan fingerprint density at radius 2 is 2.22 bits per heavy atom. The summed E-state index contributed by atoms with van der Waals surface area (Å²) in [6.07, 6.45) is 3.28. The van der Waals surface area contributed by atoms with Crippen LogP contribution in [0, 0.1) is 6.92 Å². The van der Waals surface area contributed by atoms with Crippen LogP contribution in [0.15, 0.2) is 41.2 Å². The molecule has 0 fully saturated rings. The van der Waals surface area contributed by atoms with E-state index in [1.807, 2.05) is 0 Å². The van der Waals surface area contributed by atoms with Gasteiger partial charge in [0.15, 0.2) is 6.61 Å². The molecule has 23 heavy (non-hydrogen) atoms. The SMILES string of the molecule is Cc1nc(COc2ccccc2C(=O)Nc2cnn(C)c2)no1. The van der Waals surface area contributed by atoms with Crippen LogP contribution in [0.25, 0.3) is 0 Å². The molecule has 0 unspecified atom stereocenters. The highest BCUT2D eigenvalue weighted by atomic mass is 16.5. The minimum absolute atomic E-state index is 0.120. The van der Waals surface area contributed by atoms with E-state index in [0.717, 1.165) is 0 Å². The minimum Gasteiger partial charge on any atom is -0.485 e. The van der Waals surface area contributed by atoms with Gasteiger partial charge in [0.2, 0.25) is 11.7 Å². The molecule has 0 bridgehead atoms. The van der Waals surface area contributed by atoms with Gasteiger partial charge in [-0.1, -0.05) is 17.3 Å². The topological polar surface area (TPSA) is 95.1 Å². The Morgan fingerprint density at radius 1 is 1.39 bits per heavy atom. The molecule has 0 aliphatic rings. The Morgan fingerprint density at radius 3 is 2.91 bits per heavy atom. The minimum atomic E-state index is -0.280. The zero-order valence-corrected chi connectivity index (χ0v) is 12.7. The van der Waals surface area contributed by atoms with E-state index in [1.54, 1.807) is 55.3 Å². The van der Waals surface area contributed by atoms with Gasteiger partial charge < -0.3 is 14.6 Å². The number of amides is 1. The van der Waals surface area contributed by atoms with Gasteiger partial charge in [0.25, 0.3) is 5.91 Å². The zero-order chi connectivity index (χ0) is 16.2. The van der Waals surface area contributed by atoms with Crippen molar-refractivity contribution in [3.05, 3.63) is 53.9 Å². The molecule has 0 atom stereocenters. The molecular weight excluding hydrogens is 298 g/mol. The maximum absolute atomic E-state index is 12.4. The lowest BCUT2D eigenvalue weighted by molar-refractivity contribution is 0.102. The monoisotopic (exact) mass is 313 g/mol. The van der Waals surface area contributed by atoms with E-state index in [-0.39, 0.29) is 12.5 Å². The number of aryl methyl sites for hydroxylation is 2. The molecule has 0 radical (unpaired) electrons. The fourth-order valence-electron chi connectivity index (χ4n) is 2.01. The van der Waals surface area contributed by atoms with Crippen molar-refractivity contribution in [3.8, 4) is 5.75 Å². The first-order chi connectivity index (χ1) is 11.1. The quantitative estimate of drug-likeness (QED) is 0.773. The Balaban J connectivity index is 1.73. The van der Waals surface area contributed by atoms with Crippen LogP contribution in [0.2, 0.25) is 0 Å². The molecule has 0 aliphatic carbocycles. The molecule has 2 aromatic heterocycles. The fraction of sp³-hybridized carbons (Fsp3) is 0.200. The van der Waals surface area contributed by atoms with Crippen LogP contribution in [-0.4, -0.2) is 25.8 Å². The van der Waals surface area contributed by atoms with Crippen LogP contribution >= 0.6 is 0 Å². The lowest BCUT2D eigenvalue weighted by Crippen LogP contribution is -2.13. The second-order valence-corrected chi connectivity index (χ2v) is 4.87. The lowest BCUT2D eigenvalue weighted by atomic mass is 10.2. The molecule has 8 nitrogen and oxygen atoms in total. The summed E-state index contributed by atoms with van der Waals surface area (Å²) in [6.45, 7) is 1.82. The third kappa shape index (κ3) is 3.54. The smallest absolute Gasteiger partial charge is 0.259 e. The normalized spacial score (nSPS) is 10.5. The first kappa shape index (κ1) is 14.8. The summed E-state index contributed by atoms with van der Waals surface area (Å²) in [4.78, 5) is 16.4. The van der Waals surface area contributed by atoms with Crippen LogP contribution in [0.1, 0.15) is 22.1 Å². The van der Waals surface area contributed by atoms with Crippen molar-refractivity contribution in [2.45, 2.75) is 13.5 Å². The number of para-hydroxylation sites is 1. The number of nitrogens with one attached hydrogen (secondary N) is 1. The molecule has 1 aromatic carbocycles. The average Bonchev–Trinajstić information content (AvgIpc) is 3.14. The predicted molar refractivity (Wildman–Crippen MR) is 81.0 cm³/mol. The number of anilines is 1. The van der Waals surface area contributed by atoms with Gasteiger partial charge in [-0.2, -0.15) is 10.1 Å². The summed E-state index contributed by atoms with van der Waals surface area (Å²) in [5, 5.41) is 10.5. The molecule has 1 amide bonds. The van der Waals surface area contributed by atoms with Crippen LogP contribution in [-0.2, 0) is 13.7 Å². The number of benzene rings is 1. The summed E-state index contributed by atoms with van der Waals surface area (Å²) < 4.78 is 12.1. The van der Waals surface area contributed by atoms with E-state index in [4.69, 9.17) is 9.26 Å². The largest absolute Gasteiger partial charge is 0.485 e. The standard InChI is InChI=1S/C15H15N5O3/c1-10-17-14(19-23-10)9-22-13-6-4-3-5-12(13)15(21)18-11-7-16-20(2)8-11/h3-8H,9H2,1-2H3,(H,18,21). The van der Waals surface area contributed by atoms with E-state index < -0.39 is 0 Å². The van der Waals surface area contributed by atoms with Crippen molar-refractivity contribution in [3.63, 3.8) is 0 Å². The Bertz CT molecular complexity index is 824. The van der Waals surface area contributed by atoms with E-state index in [0.29, 0.717) is 28.7 Å². The molecule has 0 spiro atoms. The Labute approximate surface area is 132 Å². The predicted octanol–water partition coefficient (Wildman–Crippen LogP) is 1.94. The highest BCUT2D eigenvalue weighted by molar-refractivity contribution is 6.06. The number of carbonyl (C=O) groups excluding carboxylic acids is 1. The highest BCUT2D eigenvalue weighted by Crippen LogP contribution is 2.20. The molecular formula is C15H15N5O3. The fourth-order valence-corrected chi connectivity index (χ4v) is 2.01. The van der Waals surface area contributed by atoms with Gasteiger partial charge in [-0.3, -0.25) is 9.48 Å². The number of carbonyl (C=O) groups is 1. The Kier molecular flexibility index (Phi) is 4.05. The molecule has 3 rings (SSSR count). The second-order valence-electron chi connectivity index (χ2n) is 4.87. The number of rotatable bonds is 5. The number of hydrogen-bond donors (Lipinski definition) is 1. The molecule has 0 saturated carbocycles. The molecule has 8 heteroatoms. The van der Waals surface area contributed by atoms with E-state index in [1.165, 1.54) is 0 Å². The van der Waals surface area contributed by atoms with Crippen LogP contribution in [0.3, 0.4) is 0 Å². The molecule has 2 heterocycles. The molecule has 118 valence electrons. The van der Waals surface area contributed by atoms with E-state index in [2.05, 4.69) is 20.6 Å². The zero-order valence-electron chi connectivity index (χ0n) is 12.7. The van der Waals surface area contributed by atoms with Crippen LogP contribution in [0.4, 0.5) is 5.69 Å². The van der Waals surface area contributed by atoms with Gasteiger partial charge in [-0.25, -0.2) is 0 Å². The maximum Gasteiger partial charge on any atom is 0.259 e. The van der Waals surface area contributed by atoms with Gasteiger partial charge in [0.05, 0.1) is 17.4 Å². The average molecular weight is 313 g/mol. The van der Waals surface area contributed by atoms with Crippen molar-refractivity contribution in [1.82, 2.24) is 19.9 Å². The van der Waals surface area contributed by atoms with Gasteiger partial charge in [-0.15, -0.1) is 0 Å². The summed E-state index contributed by atoms with van der Waals surface area (Å²) in [5.74, 6) is 1.05. The van der Waals surface area contributed by atoms with Gasteiger partial charge >= 0.3 is 0 Å². The third-order valence-corrected chi connectivity index (χ3v) is 3.02. The highest BCUT2D eigenvalue weighted by Gasteiger charge is 2.14. The summed E-state index contributed by atoms with van der Waals surface area (Å²) in [6, 6.07) is 6.95. The number of ether oxygens (including phenoxy) is 1. The van der Waals surface area contributed by atoms with Crippen molar-refractivity contribution < 1.29 is 14.1 Å². The van der Waals surface area contributed by atoms with E-state index >= 15 is 0 Å². The third-order valence-electron chi connectivity index (χ3n) is 3.02. The van der Waals surface area contributed by atoms with Crippen LogP contribution in [0.5, 0.6) is 5.75 Å². The first-order valence-electron chi connectivity index (χ1n) is 6.93. The van der Waals surface area contributed by atoms with Crippen molar-refractivity contribution in [2.75, 3.05) is 5.32 Å². The summed E-state index contributed by atoms with van der Waals surface area (Å²) >= 11 is 0. The molecule has 1 N–H and O–H groups in total. The number of aromatic nitrogens is 4.